The molecule has 0 atom stereocenters. The Morgan fingerprint density at radius 1 is 0.909 bits per heavy atom. The van der Waals surface area contributed by atoms with E-state index in [2.05, 4.69) is 10.4 Å². The summed E-state index contributed by atoms with van der Waals surface area (Å²) in [6.45, 7) is 3.67. The normalized spacial score (nSPS) is 11.6. The molecule has 1 heterocycles. The van der Waals surface area contributed by atoms with Crippen LogP contribution >= 0.6 is 7.75 Å². The van der Waals surface area contributed by atoms with Crippen molar-refractivity contribution in [3.8, 4) is 0 Å². The van der Waals surface area contributed by atoms with E-state index >= 15 is 0 Å². The van der Waals surface area contributed by atoms with E-state index in [-0.39, 0.29) is 35.6 Å². The molecule has 0 radical (unpaired) electrons. The second kappa shape index (κ2) is 9.58. The van der Waals surface area contributed by atoms with Crippen LogP contribution in [0.4, 0.5) is 11.4 Å². The summed E-state index contributed by atoms with van der Waals surface area (Å²) < 4.78 is 29.3. The molecule has 0 aliphatic carbocycles. The van der Waals surface area contributed by atoms with Crippen molar-refractivity contribution >= 4 is 46.8 Å². The van der Waals surface area contributed by atoms with Crippen LogP contribution < -0.4 is 15.8 Å². The zero-order chi connectivity index (χ0) is 23.4. The SMILES string of the molecule is CCOP(=O)(Nc1cccc2c(=O)cc(C(=O)Nc3cccc4ccccc34)oc12)OCC. The molecule has 0 aliphatic rings. The van der Waals surface area contributed by atoms with Crippen molar-refractivity contribution in [2.45, 2.75) is 13.8 Å². The van der Waals surface area contributed by atoms with Crippen molar-refractivity contribution in [3.05, 3.63) is 82.7 Å². The number of rotatable bonds is 8. The quantitative estimate of drug-likeness (QED) is 0.317. The van der Waals surface area contributed by atoms with Gasteiger partial charge in [-0.15, -0.1) is 0 Å². The molecule has 9 heteroatoms. The van der Waals surface area contributed by atoms with Gasteiger partial charge in [-0.2, -0.15) is 0 Å². The van der Waals surface area contributed by atoms with Gasteiger partial charge in [-0.05, 0) is 37.4 Å². The van der Waals surface area contributed by atoms with Crippen LogP contribution in [0.15, 0.2) is 75.9 Å². The van der Waals surface area contributed by atoms with Crippen LogP contribution in [-0.2, 0) is 13.6 Å². The Bertz CT molecular complexity index is 1420. The molecule has 0 saturated heterocycles. The summed E-state index contributed by atoms with van der Waals surface area (Å²) in [6, 6.07) is 19.0. The maximum absolute atomic E-state index is 13.0. The molecule has 3 aromatic carbocycles. The van der Waals surface area contributed by atoms with E-state index < -0.39 is 19.1 Å². The summed E-state index contributed by atoms with van der Waals surface area (Å²) >= 11 is 0. The van der Waals surface area contributed by atoms with Gasteiger partial charge >= 0.3 is 7.75 Å². The standard InChI is InChI=1S/C24H23N2O6P/c1-3-30-33(29,31-4-2)26-20-14-8-12-18-21(27)15-22(32-23(18)20)24(28)25-19-13-7-10-16-9-5-6-11-17(16)19/h5-15H,3-4H2,1-2H3,(H,25,28)(H,26,29). The van der Waals surface area contributed by atoms with Gasteiger partial charge in [0.1, 0.15) is 0 Å². The van der Waals surface area contributed by atoms with Gasteiger partial charge in [-0.25, -0.2) is 4.57 Å². The number of hydrogen-bond donors (Lipinski definition) is 2. The minimum Gasteiger partial charge on any atom is -0.448 e. The highest BCUT2D eigenvalue weighted by atomic mass is 31.2. The highest BCUT2D eigenvalue weighted by Gasteiger charge is 2.26. The molecule has 1 aromatic heterocycles. The van der Waals surface area contributed by atoms with E-state index in [4.69, 9.17) is 13.5 Å². The second-order valence-corrected chi connectivity index (χ2v) is 8.82. The van der Waals surface area contributed by atoms with Gasteiger partial charge in [0.05, 0.1) is 24.3 Å². The highest BCUT2D eigenvalue weighted by Crippen LogP contribution is 2.48. The van der Waals surface area contributed by atoms with E-state index in [9.17, 15) is 14.2 Å². The zero-order valence-corrected chi connectivity index (χ0v) is 19.1. The number of hydrogen-bond acceptors (Lipinski definition) is 6. The maximum Gasteiger partial charge on any atom is 0.432 e. The summed E-state index contributed by atoms with van der Waals surface area (Å²) in [7, 11) is -3.69. The Morgan fingerprint density at radius 3 is 2.30 bits per heavy atom. The number of carbonyl (C=O) groups is 1. The molecule has 0 unspecified atom stereocenters. The molecule has 0 spiro atoms. The number of nitrogens with one attached hydrogen (secondary N) is 2. The fourth-order valence-corrected chi connectivity index (χ4v) is 4.84. The number of para-hydroxylation sites is 1. The number of benzene rings is 3. The molecule has 0 aliphatic heterocycles. The predicted octanol–water partition coefficient (Wildman–Crippen LogP) is 5.79. The van der Waals surface area contributed by atoms with Crippen molar-refractivity contribution in [3.63, 3.8) is 0 Å². The third kappa shape index (κ3) is 4.83. The van der Waals surface area contributed by atoms with Crippen molar-refractivity contribution in [1.29, 1.82) is 0 Å². The Morgan fingerprint density at radius 2 is 1.55 bits per heavy atom. The van der Waals surface area contributed by atoms with Gasteiger partial charge in [0, 0.05) is 17.1 Å². The van der Waals surface area contributed by atoms with Crippen LogP contribution in [-0.4, -0.2) is 19.1 Å². The van der Waals surface area contributed by atoms with E-state index in [1.165, 1.54) is 0 Å². The molecular formula is C24H23N2O6P. The molecule has 4 rings (SSSR count). The molecule has 33 heavy (non-hydrogen) atoms. The zero-order valence-electron chi connectivity index (χ0n) is 18.2. The lowest BCUT2D eigenvalue weighted by Gasteiger charge is -2.19. The van der Waals surface area contributed by atoms with Crippen molar-refractivity contribution < 1.29 is 22.8 Å². The van der Waals surface area contributed by atoms with E-state index in [1.807, 2.05) is 36.4 Å². The van der Waals surface area contributed by atoms with Crippen molar-refractivity contribution in [2.24, 2.45) is 0 Å². The second-order valence-electron chi connectivity index (χ2n) is 7.08. The first-order valence-corrected chi connectivity index (χ1v) is 12.0. The fourth-order valence-electron chi connectivity index (χ4n) is 3.48. The van der Waals surface area contributed by atoms with Crippen LogP contribution in [0.5, 0.6) is 0 Å². The fraction of sp³-hybridized carbons (Fsp3) is 0.167. The van der Waals surface area contributed by atoms with Gasteiger partial charge in [0.25, 0.3) is 5.91 Å². The van der Waals surface area contributed by atoms with E-state index in [0.717, 1.165) is 16.8 Å². The van der Waals surface area contributed by atoms with Gasteiger partial charge in [0.2, 0.25) is 0 Å². The van der Waals surface area contributed by atoms with Crippen LogP contribution in [0.3, 0.4) is 0 Å². The first kappa shape index (κ1) is 22.7. The van der Waals surface area contributed by atoms with Gasteiger partial charge in [-0.1, -0.05) is 42.5 Å². The lowest BCUT2D eigenvalue weighted by molar-refractivity contribution is 0.0997. The van der Waals surface area contributed by atoms with Crippen LogP contribution in [0.1, 0.15) is 24.4 Å². The Hall–Kier alpha value is -3.45. The maximum atomic E-state index is 13.0. The smallest absolute Gasteiger partial charge is 0.432 e. The topological polar surface area (TPSA) is 107 Å². The number of amides is 1. The summed E-state index contributed by atoms with van der Waals surface area (Å²) in [5.41, 5.74) is 0.470. The van der Waals surface area contributed by atoms with Crippen LogP contribution in [0.25, 0.3) is 21.7 Å². The monoisotopic (exact) mass is 466 g/mol. The summed E-state index contributed by atoms with van der Waals surface area (Å²) in [5.74, 6) is -0.768. The Kier molecular flexibility index (Phi) is 6.60. The summed E-state index contributed by atoms with van der Waals surface area (Å²) in [5, 5.41) is 7.56. The molecule has 4 aromatic rings. The first-order chi connectivity index (χ1) is 15.9. The molecule has 0 saturated carbocycles. The average Bonchev–Trinajstić information content (AvgIpc) is 2.80. The molecular weight excluding hydrogens is 443 g/mol. The van der Waals surface area contributed by atoms with Crippen molar-refractivity contribution in [2.75, 3.05) is 23.6 Å². The van der Waals surface area contributed by atoms with E-state index in [0.29, 0.717) is 5.69 Å². The average molecular weight is 466 g/mol. The molecule has 0 fully saturated rings. The minimum absolute atomic E-state index is 0.0766. The van der Waals surface area contributed by atoms with Gasteiger partial charge in [0.15, 0.2) is 16.8 Å². The molecule has 0 bridgehead atoms. The first-order valence-electron chi connectivity index (χ1n) is 10.5. The third-order valence-corrected chi connectivity index (χ3v) is 6.58. The molecule has 170 valence electrons. The number of carbonyl (C=O) groups excluding carboxylic acids is 1. The minimum atomic E-state index is -3.69. The Balaban J connectivity index is 1.73. The molecule has 8 nitrogen and oxygen atoms in total. The van der Waals surface area contributed by atoms with Gasteiger partial charge < -0.3 is 9.73 Å². The van der Waals surface area contributed by atoms with Crippen LogP contribution in [0.2, 0.25) is 0 Å². The number of fused-ring (bicyclic) bond motifs is 2. The predicted molar refractivity (Wildman–Crippen MR) is 129 cm³/mol. The van der Waals surface area contributed by atoms with Crippen LogP contribution in [0, 0.1) is 0 Å². The van der Waals surface area contributed by atoms with Crippen molar-refractivity contribution in [1.82, 2.24) is 0 Å². The van der Waals surface area contributed by atoms with Gasteiger partial charge in [-0.3, -0.25) is 23.7 Å². The van der Waals surface area contributed by atoms with E-state index in [1.54, 1.807) is 38.1 Å². The molecule has 1 amide bonds. The lowest BCUT2D eigenvalue weighted by atomic mass is 10.1. The summed E-state index contributed by atoms with van der Waals surface area (Å²) in [6.07, 6.45) is 0. The highest BCUT2D eigenvalue weighted by molar-refractivity contribution is 7.55. The summed E-state index contributed by atoms with van der Waals surface area (Å²) in [4.78, 5) is 25.7. The Labute approximate surface area is 190 Å². The third-order valence-electron chi connectivity index (χ3n) is 4.87. The largest absolute Gasteiger partial charge is 0.448 e. The lowest BCUT2D eigenvalue weighted by Crippen LogP contribution is -2.15. The molecule has 2 N–H and O–H groups in total. The number of anilines is 2.